The lowest BCUT2D eigenvalue weighted by molar-refractivity contribution is -0.137. The Hall–Kier alpha value is -2.61. The number of alkyl halides is 3. The summed E-state index contributed by atoms with van der Waals surface area (Å²) in [5, 5.41) is 12.3. The summed E-state index contributed by atoms with van der Waals surface area (Å²) in [6.45, 7) is 1.56. The zero-order valence-electron chi connectivity index (χ0n) is 13.4. The van der Waals surface area contributed by atoms with Gasteiger partial charge in [0.05, 0.1) is 11.1 Å². The van der Waals surface area contributed by atoms with E-state index in [2.05, 4.69) is 10.3 Å². The first-order chi connectivity index (χ1) is 11.8. The minimum absolute atomic E-state index is 0.0622. The van der Waals surface area contributed by atoms with Gasteiger partial charge >= 0.3 is 6.18 Å². The second kappa shape index (κ2) is 7.98. The molecule has 25 heavy (non-hydrogen) atoms. The highest BCUT2D eigenvalue weighted by atomic mass is 19.4. The Morgan fingerprint density at radius 2 is 1.92 bits per heavy atom. The molecule has 1 heterocycles. The maximum atomic E-state index is 12.4. The molecule has 2 rings (SSSR count). The average molecular weight is 354 g/mol. The van der Waals surface area contributed by atoms with Crippen LogP contribution < -0.4 is 10.1 Å². The fourth-order valence-corrected chi connectivity index (χ4v) is 1.91. The maximum Gasteiger partial charge on any atom is 0.416 e. The van der Waals surface area contributed by atoms with Crippen molar-refractivity contribution >= 4 is 5.91 Å². The van der Waals surface area contributed by atoms with E-state index in [1.807, 2.05) is 0 Å². The van der Waals surface area contributed by atoms with Crippen LogP contribution >= 0.6 is 0 Å². The molecule has 0 aliphatic rings. The maximum absolute atomic E-state index is 12.4. The van der Waals surface area contributed by atoms with Crippen LogP contribution in [0, 0.1) is 6.92 Å². The number of halogens is 3. The number of benzene rings is 1. The molecule has 1 aromatic carbocycles. The molecule has 1 atom stereocenters. The number of carbonyl (C=O) groups excluding carboxylic acids is 1. The van der Waals surface area contributed by atoms with Gasteiger partial charge < -0.3 is 15.2 Å². The number of aryl methyl sites for hydroxylation is 1. The van der Waals surface area contributed by atoms with Crippen molar-refractivity contribution in [1.82, 2.24) is 10.3 Å². The molecule has 0 aliphatic carbocycles. The number of aliphatic hydroxyl groups is 1. The lowest BCUT2D eigenvalue weighted by atomic mass is 10.2. The molecule has 134 valence electrons. The van der Waals surface area contributed by atoms with Gasteiger partial charge in [0.1, 0.15) is 18.5 Å². The minimum atomic E-state index is -4.41. The van der Waals surface area contributed by atoms with Gasteiger partial charge in [0.15, 0.2) is 0 Å². The number of nitrogens with zero attached hydrogens (tertiary/aromatic N) is 1. The van der Waals surface area contributed by atoms with Crippen molar-refractivity contribution in [1.29, 1.82) is 0 Å². The molecule has 0 fully saturated rings. The quantitative estimate of drug-likeness (QED) is 0.836. The number of rotatable bonds is 6. The summed E-state index contributed by atoms with van der Waals surface area (Å²) in [6, 6.07) is 7.45. The first-order valence-corrected chi connectivity index (χ1v) is 7.44. The van der Waals surface area contributed by atoms with Crippen molar-refractivity contribution in [2.24, 2.45) is 0 Å². The van der Waals surface area contributed by atoms with Crippen LogP contribution in [0.4, 0.5) is 13.2 Å². The van der Waals surface area contributed by atoms with Crippen LogP contribution in [0.1, 0.15) is 21.6 Å². The minimum Gasteiger partial charge on any atom is -0.491 e. The molecule has 2 N–H and O–H groups in total. The van der Waals surface area contributed by atoms with Crippen LogP contribution in [0.15, 0.2) is 42.6 Å². The van der Waals surface area contributed by atoms with E-state index < -0.39 is 17.8 Å². The molecule has 0 saturated carbocycles. The summed E-state index contributed by atoms with van der Waals surface area (Å²) in [5.41, 5.74) is 0.363. The van der Waals surface area contributed by atoms with Gasteiger partial charge in [-0.2, -0.15) is 13.2 Å². The van der Waals surface area contributed by atoms with E-state index in [9.17, 15) is 23.1 Å². The molecule has 0 saturated heterocycles. The monoisotopic (exact) mass is 354 g/mol. The van der Waals surface area contributed by atoms with Crippen molar-refractivity contribution in [3.05, 3.63) is 59.4 Å². The number of pyridine rings is 1. The lowest BCUT2D eigenvalue weighted by Gasteiger charge is -2.14. The molecular formula is C17H17F3N2O3. The molecular weight excluding hydrogens is 337 g/mol. The zero-order chi connectivity index (χ0) is 18.4. The SMILES string of the molecule is Cc1ccc(C(=O)NC[C@H](O)COc2ccc(C(F)(F)F)cc2)cn1. The first kappa shape index (κ1) is 18.7. The predicted molar refractivity (Wildman–Crippen MR) is 84.3 cm³/mol. The molecule has 0 spiro atoms. The number of amides is 1. The van der Waals surface area contributed by atoms with E-state index >= 15 is 0 Å². The van der Waals surface area contributed by atoms with Gasteiger partial charge in [-0.05, 0) is 43.3 Å². The summed E-state index contributed by atoms with van der Waals surface area (Å²) in [5.74, 6) is -0.192. The topological polar surface area (TPSA) is 71.5 Å². The van der Waals surface area contributed by atoms with Gasteiger partial charge in [0.2, 0.25) is 0 Å². The van der Waals surface area contributed by atoms with Crippen molar-refractivity contribution in [3.63, 3.8) is 0 Å². The Balaban J connectivity index is 1.77. The van der Waals surface area contributed by atoms with Crippen LogP contribution in [0.25, 0.3) is 0 Å². The summed E-state index contributed by atoms with van der Waals surface area (Å²) >= 11 is 0. The molecule has 8 heteroatoms. The smallest absolute Gasteiger partial charge is 0.416 e. The van der Waals surface area contributed by atoms with Gasteiger partial charge in [-0.15, -0.1) is 0 Å². The number of aromatic nitrogens is 1. The standard InChI is InChI=1S/C17H17F3N2O3/c1-11-2-3-12(8-21-11)16(24)22-9-14(23)10-25-15-6-4-13(5-7-15)17(18,19)20/h2-8,14,23H,9-10H2,1H3,(H,22,24)/t14-/m0/s1. The molecule has 2 aromatic rings. The molecule has 0 unspecified atom stereocenters. The average Bonchev–Trinajstić information content (AvgIpc) is 2.58. The second-order valence-corrected chi connectivity index (χ2v) is 5.39. The number of nitrogens with one attached hydrogen (secondary N) is 1. The van der Waals surface area contributed by atoms with Gasteiger partial charge in [0, 0.05) is 18.4 Å². The zero-order valence-corrected chi connectivity index (χ0v) is 13.4. The number of aliphatic hydroxyl groups excluding tert-OH is 1. The van der Waals surface area contributed by atoms with Crippen LogP contribution in [0.3, 0.4) is 0 Å². The van der Waals surface area contributed by atoms with E-state index in [-0.39, 0.29) is 24.8 Å². The van der Waals surface area contributed by atoms with Gasteiger partial charge in [-0.25, -0.2) is 0 Å². The first-order valence-electron chi connectivity index (χ1n) is 7.44. The van der Waals surface area contributed by atoms with Crippen LogP contribution in [0.5, 0.6) is 5.75 Å². The molecule has 0 bridgehead atoms. The highest BCUT2D eigenvalue weighted by Gasteiger charge is 2.30. The Kier molecular flexibility index (Phi) is 5.97. The van der Waals surface area contributed by atoms with Crippen LogP contribution in [-0.2, 0) is 6.18 Å². The number of ether oxygens (including phenoxy) is 1. The lowest BCUT2D eigenvalue weighted by Crippen LogP contribution is -2.35. The van der Waals surface area contributed by atoms with Gasteiger partial charge in [-0.3, -0.25) is 9.78 Å². The van der Waals surface area contributed by atoms with Crippen molar-refractivity contribution in [2.45, 2.75) is 19.2 Å². The Labute approximate surface area is 142 Å². The third kappa shape index (κ3) is 5.75. The summed E-state index contributed by atoms with van der Waals surface area (Å²) < 4.78 is 42.5. The highest BCUT2D eigenvalue weighted by Crippen LogP contribution is 2.30. The molecule has 5 nitrogen and oxygen atoms in total. The van der Waals surface area contributed by atoms with Crippen LogP contribution in [-0.4, -0.2) is 35.3 Å². The Morgan fingerprint density at radius 1 is 1.24 bits per heavy atom. The Bertz CT molecular complexity index is 701. The number of carbonyl (C=O) groups is 1. The fraction of sp³-hybridized carbons (Fsp3) is 0.294. The molecule has 1 amide bonds. The fourth-order valence-electron chi connectivity index (χ4n) is 1.91. The third-order valence-corrected chi connectivity index (χ3v) is 3.30. The van der Waals surface area contributed by atoms with E-state index in [1.54, 1.807) is 19.1 Å². The summed E-state index contributed by atoms with van der Waals surface area (Å²) in [6.07, 6.45) is -3.99. The third-order valence-electron chi connectivity index (χ3n) is 3.30. The van der Waals surface area contributed by atoms with Gasteiger partial charge in [0.25, 0.3) is 5.91 Å². The van der Waals surface area contributed by atoms with Gasteiger partial charge in [-0.1, -0.05) is 0 Å². The van der Waals surface area contributed by atoms with Crippen molar-refractivity contribution in [3.8, 4) is 5.75 Å². The van der Waals surface area contributed by atoms with E-state index in [0.29, 0.717) is 5.56 Å². The second-order valence-electron chi connectivity index (χ2n) is 5.39. The van der Waals surface area contributed by atoms with E-state index in [1.165, 1.54) is 18.3 Å². The number of hydrogen-bond donors (Lipinski definition) is 2. The van der Waals surface area contributed by atoms with Crippen LogP contribution in [0.2, 0.25) is 0 Å². The Morgan fingerprint density at radius 3 is 2.48 bits per heavy atom. The van der Waals surface area contributed by atoms with Crippen molar-refractivity contribution < 1.29 is 27.8 Å². The normalized spacial score (nSPS) is 12.5. The summed E-state index contributed by atoms with van der Waals surface area (Å²) in [7, 11) is 0. The summed E-state index contributed by atoms with van der Waals surface area (Å²) in [4.78, 5) is 15.9. The van der Waals surface area contributed by atoms with E-state index in [0.717, 1.165) is 17.8 Å². The van der Waals surface area contributed by atoms with E-state index in [4.69, 9.17) is 4.74 Å². The van der Waals surface area contributed by atoms with Crippen molar-refractivity contribution in [2.75, 3.05) is 13.2 Å². The largest absolute Gasteiger partial charge is 0.491 e. The predicted octanol–water partition coefficient (Wildman–Crippen LogP) is 2.58. The molecule has 0 radical (unpaired) electrons. The highest BCUT2D eigenvalue weighted by molar-refractivity contribution is 5.93. The molecule has 1 aromatic heterocycles. The number of hydrogen-bond acceptors (Lipinski definition) is 4. The molecule has 0 aliphatic heterocycles.